The van der Waals surface area contributed by atoms with Gasteiger partial charge in [0, 0.05) is 88.3 Å². The molecule has 0 spiro atoms. The number of aliphatic hydroxyl groups excluding tert-OH is 8. The lowest BCUT2D eigenvalue weighted by atomic mass is 9.70. The van der Waals surface area contributed by atoms with Crippen molar-refractivity contribution in [3.05, 3.63) is 77.9 Å². The van der Waals surface area contributed by atoms with Crippen molar-refractivity contribution >= 4 is 58.2 Å². The molecule has 2 aliphatic carbocycles. The number of benzene rings is 3. The van der Waals surface area contributed by atoms with E-state index in [1.807, 2.05) is 12.1 Å². The lowest BCUT2D eigenvalue weighted by Gasteiger charge is -2.44. The number of nitrogens with zero attached hydrogens (tertiary/aromatic N) is 4. The molecule has 6 aliphatic rings. The van der Waals surface area contributed by atoms with E-state index in [1.54, 1.807) is 12.1 Å². The summed E-state index contributed by atoms with van der Waals surface area (Å²) in [6.07, 6.45) is -2.17. The number of amides is 7. The lowest BCUT2D eigenvalue weighted by Crippen LogP contribution is -2.64. The topological polar surface area (TPSA) is 457 Å². The van der Waals surface area contributed by atoms with Crippen molar-refractivity contribution in [2.24, 2.45) is 23.7 Å². The Bertz CT molecular complexity index is 3230. The average molecular weight is 1410 g/mol. The number of phenolic OH excluding ortho intramolecular Hbond substituents is 1. The first-order valence-electron chi connectivity index (χ1n) is 34.5. The van der Waals surface area contributed by atoms with Gasteiger partial charge < -0.3 is 96.7 Å². The number of phenols is 1. The molecule has 18 N–H and O–H groups in total. The van der Waals surface area contributed by atoms with Gasteiger partial charge in [-0.2, -0.15) is 0 Å². The van der Waals surface area contributed by atoms with Crippen LogP contribution >= 0.6 is 11.2 Å². The number of β-amino-alcohol motifs (C(OH)–C–C–N with tert-alkyl or cyclic N) is 1. The first kappa shape index (κ1) is 76.4. The summed E-state index contributed by atoms with van der Waals surface area (Å²) in [5, 5.41) is 114. The van der Waals surface area contributed by atoms with Crippen LogP contribution in [-0.4, -0.2) is 266 Å². The number of carbonyl (C=O) groups excluding carboxylic acids is 7. The van der Waals surface area contributed by atoms with E-state index in [0.717, 1.165) is 89.6 Å². The zero-order valence-electron chi connectivity index (χ0n) is 56.1. The number of hydrogen-bond acceptors (Lipinski definition) is 23. The molecule has 1 unspecified atom stereocenters. The molecule has 6 fully saturated rings. The molecular formula is C68H100N10O20S. The number of aromatic hydroxyl groups is 1. The van der Waals surface area contributed by atoms with Gasteiger partial charge in [-0.25, -0.2) is 0 Å². The summed E-state index contributed by atoms with van der Waals surface area (Å²) in [6.45, 7) is 5.87. The summed E-state index contributed by atoms with van der Waals surface area (Å²) < 4.78 is 33.4. The zero-order valence-corrected chi connectivity index (χ0v) is 56.9. The molecule has 0 aromatic heterocycles. The van der Waals surface area contributed by atoms with E-state index in [1.165, 1.54) is 76.5 Å². The molecule has 13 atom stereocenters. The quantitative estimate of drug-likeness (QED) is 0.0710. The molecule has 9 rings (SSSR count). The highest BCUT2D eigenvalue weighted by atomic mass is 32.3. The third-order valence-electron chi connectivity index (χ3n) is 20.7. The van der Waals surface area contributed by atoms with Crippen LogP contribution in [-0.2, 0) is 35.2 Å². The van der Waals surface area contributed by atoms with Crippen LogP contribution < -0.4 is 41.0 Å². The Balaban J connectivity index is 0.944. The standard InChI is InChI=1S/C68H100N10O20S/c1-37-4-7-41(8-5-37)43-13-17-47(18-14-43)75-24-26-76(27-25-75)48-19-15-44(16-20-48)42-9-11-45(12-10-42)62(88)71-51-30-49(82)32-70-66(92)60-61(87)38(2)33-78(60)68(94)59(54(85)22-23-69-46(35-79)36-80)74-65(91)58(55(86)28-40-6-21-53(84)56(29-40)98-99(95,96)97)73-64(90)52-31-50(83)34-77(52)67(93)57(39(3)81)72-63(51)89/h6,9-12,15-16,19-21,29,37-39,41,43,46-47,49-52,54-55,57-61,69,79-87,95-97H,4-5,7-8,13-14,17-18,22-28,30-36H2,1-3H3,(H,70,92)(H,71,88)(H,72,89)(H,73,90)(H,74,91)/t37?,38-,39+,41?,43?,47?,49+,50+,51?,52-,54+,55+,57-,58-,59-,60-,61-/m0/s1. The summed E-state index contributed by atoms with van der Waals surface area (Å²) in [5.74, 6) is -7.67. The van der Waals surface area contributed by atoms with Gasteiger partial charge >= 0.3 is 0 Å². The van der Waals surface area contributed by atoms with Gasteiger partial charge in [-0.05, 0) is 129 Å². The van der Waals surface area contributed by atoms with E-state index >= 15 is 0 Å². The molecule has 2 saturated carbocycles. The molecule has 7 amide bonds. The average Bonchev–Trinajstić information content (AvgIpc) is 1.69. The highest BCUT2D eigenvalue weighted by Gasteiger charge is 2.50. The maximum Gasteiger partial charge on any atom is 0.266 e. The van der Waals surface area contributed by atoms with Crippen molar-refractivity contribution in [2.45, 2.75) is 183 Å². The fraction of sp³-hybridized carbons (Fsp3) is 0.632. The number of piperazine rings is 1. The van der Waals surface area contributed by atoms with Gasteiger partial charge in [0.05, 0.1) is 55.9 Å². The Morgan fingerprint density at radius 3 is 1.88 bits per heavy atom. The number of rotatable bonds is 19. The summed E-state index contributed by atoms with van der Waals surface area (Å²) >= 11 is -4.74. The number of nitrogens with one attached hydrogen (secondary N) is 6. The zero-order chi connectivity index (χ0) is 71.6. The molecule has 4 aliphatic heterocycles. The third kappa shape index (κ3) is 19.6. The Morgan fingerprint density at radius 2 is 1.26 bits per heavy atom. The monoisotopic (exact) mass is 1410 g/mol. The van der Waals surface area contributed by atoms with E-state index in [4.69, 9.17) is 0 Å². The SMILES string of the molecule is CC1CCC(C2CCC(N3CCN(c4ccc(-c5ccc(C(=O)NC6C[C@@H](O)CNC(=O)[C@@H]7[C@@H](O)[C@@H](C)CN7C(=O)[C@H]([C@H](O)CCNC(CO)CO)NC(=O)[C@H]([C@H](O)Cc7ccc(O)c(OS(O)(O)O)c7)NC(=O)[C@@H]7C[C@@H](O)CN7C(=O)[C@H]([C@@H](C)O)NC6=O)cc5)cc4)CC3)CC2)CC1. The molecule has 4 heterocycles. The molecular weight excluding hydrogens is 1310 g/mol. The van der Waals surface area contributed by atoms with Crippen molar-refractivity contribution in [1.82, 2.24) is 46.6 Å². The molecule has 0 radical (unpaired) electrons. The van der Waals surface area contributed by atoms with Gasteiger partial charge in [0.2, 0.25) is 35.4 Å². The van der Waals surface area contributed by atoms with Gasteiger partial charge in [0.15, 0.2) is 11.5 Å². The Morgan fingerprint density at radius 1 is 0.667 bits per heavy atom. The molecule has 31 heteroatoms. The predicted octanol–water partition coefficient (Wildman–Crippen LogP) is -0.635. The van der Waals surface area contributed by atoms with Crippen LogP contribution in [0.5, 0.6) is 11.5 Å². The molecule has 99 heavy (non-hydrogen) atoms. The van der Waals surface area contributed by atoms with Gasteiger partial charge in [-0.15, -0.1) is 0 Å². The number of carbonyl (C=O) groups is 7. The third-order valence-corrected chi connectivity index (χ3v) is 21.1. The second-order valence-corrected chi connectivity index (χ2v) is 29.0. The summed E-state index contributed by atoms with van der Waals surface area (Å²) in [4.78, 5) is 109. The van der Waals surface area contributed by atoms with Gasteiger partial charge in [0.25, 0.3) is 17.1 Å². The van der Waals surface area contributed by atoms with Crippen molar-refractivity contribution in [3.8, 4) is 22.6 Å². The Hall–Kier alpha value is -6.82. The van der Waals surface area contributed by atoms with E-state index in [-0.39, 0.29) is 24.2 Å². The molecule has 3 aromatic rings. The van der Waals surface area contributed by atoms with Crippen LogP contribution in [0.4, 0.5) is 5.69 Å². The smallest absolute Gasteiger partial charge is 0.266 e. The van der Waals surface area contributed by atoms with Gasteiger partial charge in [-0.3, -0.25) is 52.1 Å². The maximum absolute atomic E-state index is 15.0. The molecule has 3 aromatic carbocycles. The number of anilines is 1. The largest absolute Gasteiger partial charge is 0.504 e. The summed E-state index contributed by atoms with van der Waals surface area (Å²) in [6, 6.07) is 5.95. The maximum atomic E-state index is 15.0. The normalized spacial score (nSPS) is 30.2. The molecule has 0 bridgehead atoms. The van der Waals surface area contributed by atoms with E-state index < -0.39 is 201 Å². The van der Waals surface area contributed by atoms with Crippen LogP contribution in [0.3, 0.4) is 0 Å². The van der Waals surface area contributed by atoms with Crippen LogP contribution in [0.1, 0.15) is 107 Å². The van der Waals surface area contributed by atoms with Crippen molar-refractivity contribution < 1.29 is 97.4 Å². The van der Waals surface area contributed by atoms with Crippen LogP contribution in [0.25, 0.3) is 11.1 Å². The lowest BCUT2D eigenvalue weighted by molar-refractivity contribution is -0.147. The van der Waals surface area contributed by atoms with E-state index in [2.05, 4.69) is 64.9 Å². The Labute approximate surface area is 577 Å². The summed E-state index contributed by atoms with van der Waals surface area (Å²) in [5.41, 5.74) is 2.76. The summed E-state index contributed by atoms with van der Waals surface area (Å²) in [7, 11) is 0. The fourth-order valence-electron chi connectivity index (χ4n) is 14.9. The first-order chi connectivity index (χ1) is 47.1. The van der Waals surface area contributed by atoms with Gasteiger partial charge in [-0.1, -0.05) is 57.0 Å². The minimum absolute atomic E-state index is 0.0548. The van der Waals surface area contributed by atoms with Crippen molar-refractivity contribution in [2.75, 3.05) is 70.5 Å². The van der Waals surface area contributed by atoms with E-state index in [0.29, 0.717) is 6.04 Å². The number of aliphatic hydroxyl groups is 8. The van der Waals surface area contributed by atoms with Gasteiger partial charge in [0.1, 0.15) is 36.3 Å². The predicted molar refractivity (Wildman–Crippen MR) is 362 cm³/mol. The molecule has 4 saturated heterocycles. The molecule has 30 nitrogen and oxygen atoms in total. The second-order valence-electron chi connectivity index (χ2n) is 27.9. The van der Waals surface area contributed by atoms with Crippen LogP contribution in [0.15, 0.2) is 66.7 Å². The number of fused-ring (bicyclic) bond motifs is 2. The van der Waals surface area contributed by atoms with Crippen molar-refractivity contribution in [1.29, 1.82) is 0 Å². The highest BCUT2D eigenvalue weighted by Crippen LogP contribution is 2.43. The molecule has 548 valence electrons. The highest BCUT2D eigenvalue weighted by molar-refractivity contribution is 8.15. The van der Waals surface area contributed by atoms with Crippen molar-refractivity contribution in [3.63, 3.8) is 0 Å². The van der Waals surface area contributed by atoms with E-state index in [9.17, 15) is 93.2 Å². The number of hydrogen-bond donors (Lipinski definition) is 18. The Kier molecular flexibility index (Phi) is 26.4. The minimum atomic E-state index is -4.74. The minimum Gasteiger partial charge on any atom is -0.504 e. The van der Waals surface area contributed by atoms with Crippen LogP contribution in [0, 0.1) is 23.7 Å². The second kappa shape index (κ2) is 34.2. The fourth-order valence-corrected chi connectivity index (χ4v) is 15.3. The van der Waals surface area contributed by atoms with Crippen LogP contribution in [0.2, 0.25) is 0 Å². The first-order valence-corrected chi connectivity index (χ1v) is 35.9.